The largest absolute Gasteiger partial charge is 0.419 e. The number of carbonyl (C=O) groups excluding carboxylic acids is 1. The van der Waals surface area contributed by atoms with Crippen molar-refractivity contribution in [2.24, 2.45) is 0 Å². The first-order valence-electron chi connectivity index (χ1n) is 7.54. The van der Waals surface area contributed by atoms with Crippen LogP contribution in [0.4, 0.5) is 0 Å². The maximum atomic E-state index is 12.1. The lowest BCUT2D eigenvalue weighted by atomic mass is 10.2. The Morgan fingerprint density at radius 2 is 2.00 bits per heavy atom. The number of hydrogen-bond donors (Lipinski definition) is 1. The van der Waals surface area contributed by atoms with Gasteiger partial charge in [-0.15, -0.1) is 10.2 Å². The number of aryl methyl sites for hydroxylation is 1. The first kappa shape index (κ1) is 15.0. The number of rotatable bonds is 6. The highest BCUT2D eigenvalue weighted by Crippen LogP contribution is 2.18. The van der Waals surface area contributed by atoms with Crippen molar-refractivity contribution in [1.82, 2.24) is 20.1 Å². The van der Waals surface area contributed by atoms with Crippen molar-refractivity contribution in [2.75, 3.05) is 0 Å². The third-order valence-corrected chi connectivity index (χ3v) is 3.46. The maximum Gasteiger partial charge on any atom is 0.264 e. The predicted octanol–water partition coefficient (Wildman–Crippen LogP) is 2.42. The molecule has 6 nitrogen and oxygen atoms in total. The Labute approximate surface area is 134 Å². The molecule has 0 saturated heterocycles. The van der Waals surface area contributed by atoms with E-state index in [0.717, 1.165) is 11.3 Å². The first-order chi connectivity index (χ1) is 11.3. The number of benzene rings is 1. The van der Waals surface area contributed by atoms with E-state index in [0.29, 0.717) is 24.7 Å². The summed E-state index contributed by atoms with van der Waals surface area (Å²) in [5.41, 5.74) is 1.81. The molecule has 2 heterocycles. The van der Waals surface area contributed by atoms with Crippen molar-refractivity contribution in [1.29, 1.82) is 0 Å². The third kappa shape index (κ3) is 3.66. The molecule has 1 aromatic carbocycles. The molecular weight excluding hydrogens is 292 g/mol. The number of aromatic nitrogens is 3. The highest BCUT2D eigenvalue weighted by Gasteiger charge is 2.13. The number of amides is 1. The van der Waals surface area contributed by atoms with Crippen LogP contribution in [0.2, 0.25) is 0 Å². The molecule has 0 fully saturated rings. The fraction of sp³-hybridized carbons (Fsp3) is 0.235. The van der Waals surface area contributed by atoms with E-state index in [1.54, 1.807) is 4.57 Å². The Bertz CT molecular complexity index is 777. The summed E-state index contributed by atoms with van der Waals surface area (Å²) in [7, 11) is 0. The summed E-state index contributed by atoms with van der Waals surface area (Å²) in [6, 6.07) is 13.5. The van der Waals surface area contributed by atoms with Gasteiger partial charge >= 0.3 is 0 Å². The summed E-state index contributed by atoms with van der Waals surface area (Å²) in [5, 5.41) is 10.9. The number of hydrogen-bond acceptors (Lipinski definition) is 4. The second kappa shape index (κ2) is 6.91. The molecular formula is C17H18N4O2. The molecule has 0 saturated carbocycles. The molecule has 0 aliphatic carbocycles. The van der Waals surface area contributed by atoms with E-state index >= 15 is 0 Å². The molecule has 118 valence electrons. The van der Waals surface area contributed by atoms with Crippen molar-refractivity contribution in [3.63, 3.8) is 0 Å². The van der Waals surface area contributed by atoms with Gasteiger partial charge in [0.15, 0.2) is 0 Å². The predicted molar refractivity (Wildman–Crippen MR) is 85.4 cm³/mol. The molecule has 1 amide bonds. The van der Waals surface area contributed by atoms with Crippen molar-refractivity contribution in [3.05, 3.63) is 60.1 Å². The van der Waals surface area contributed by atoms with Crippen molar-refractivity contribution in [2.45, 2.75) is 26.4 Å². The zero-order valence-electron chi connectivity index (χ0n) is 12.9. The molecule has 0 aliphatic heterocycles. The fourth-order valence-corrected chi connectivity index (χ4v) is 2.25. The molecule has 3 aromatic rings. The summed E-state index contributed by atoms with van der Waals surface area (Å²) < 4.78 is 7.35. The van der Waals surface area contributed by atoms with E-state index in [2.05, 4.69) is 15.5 Å². The molecule has 3 rings (SSSR count). The third-order valence-electron chi connectivity index (χ3n) is 3.46. The molecule has 0 unspecified atom stereocenters. The zero-order valence-corrected chi connectivity index (χ0v) is 12.9. The van der Waals surface area contributed by atoms with Crippen LogP contribution >= 0.6 is 0 Å². The summed E-state index contributed by atoms with van der Waals surface area (Å²) in [4.78, 5) is 12.1. The molecule has 6 heteroatoms. The quantitative estimate of drug-likeness (QED) is 0.759. The minimum Gasteiger partial charge on any atom is -0.419 e. The van der Waals surface area contributed by atoms with E-state index < -0.39 is 0 Å². The van der Waals surface area contributed by atoms with Crippen LogP contribution in [-0.2, 0) is 24.3 Å². The van der Waals surface area contributed by atoms with Gasteiger partial charge in [-0.3, -0.25) is 4.79 Å². The number of carbonyl (C=O) groups is 1. The standard InChI is InChI=1S/C17H18N4O2/c1-2-16-19-20-17(23-16)14-9-6-10-21(14)12-15(22)18-11-13-7-4-3-5-8-13/h3-10H,2,11-12H2,1H3,(H,18,22). The van der Waals surface area contributed by atoms with Gasteiger partial charge in [0.25, 0.3) is 5.89 Å². The topological polar surface area (TPSA) is 73.0 Å². The molecule has 1 N–H and O–H groups in total. The summed E-state index contributed by atoms with van der Waals surface area (Å²) in [5.74, 6) is 0.950. The average Bonchev–Trinajstić information content (AvgIpc) is 3.22. The second-order valence-electron chi connectivity index (χ2n) is 5.14. The zero-order chi connectivity index (χ0) is 16.1. The second-order valence-corrected chi connectivity index (χ2v) is 5.14. The lowest BCUT2D eigenvalue weighted by Gasteiger charge is -2.08. The molecule has 23 heavy (non-hydrogen) atoms. The summed E-state index contributed by atoms with van der Waals surface area (Å²) in [6.07, 6.45) is 2.51. The van der Waals surface area contributed by atoms with Gasteiger partial charge in [-0.05, 0) is 17.7 Å². The van der Waals surface area contributed by atoms with Gasteiger partial charge in [0.2, 0.25) is 11.8 Å². The lowest BCUT2D eigenvalue weighted by Crippen LogP contribution is -2.27. The molecule has 2 aromatic heterocycles. The van der Waals surface area contributed by atoms with E-state index in [1.807, 2.05) is 55.6 Å². The molecule has 0 aliphatic rings. The van der Waals surface area contributed by atoms with Gasteiger partial charge in [-0.1, -0.05) is 37.3 Å². The average molecular weight is 310 g/mol. The minimum atomic E-state index is -0.0680. The van der Waals surface area contributed by atoms with Crippen LogP contribution in [0, 0.1) is 0 Å². The Morgan fingerprint density at radius 1 is 1.17 bits per heavy atom. The highest BCUT2D eigenvalue weighted by atomic mass is 16.4. The Balaban J connectivity index is 1.64. The van der Waals surface area contributed by atoms with Gasteiger partial charge < -0.3 is 14.3 Å². The molecule has 0 bridgehead atoms. The van der Waals surface area contributed by atoms with E-state index in [4.69, 9.17) is 4.42 Å². The van der Waals surface area contributed by atoms with Crippen LogP contribution in [0.25, 0.3) is 11.6 Å². The van der Waals surface area contributed by atoms with Gasteiger partial charge in [0, 0.05) is 19.2 Å². The minimum absolute atomic E-state index is 0.0680. The maximum absolute atomic E-state index is 12.1. The van der Waals surface area contributed by atoms with E-state index in [1.165, 1.54) is 0 Å². The van der Waals surface area contributed by atoms with E-state index in [9.17, 15) is 4.79 Å². The van der Waals surface area contributed by atoms with Crippen molar-refractivity contribution in [3.8, 4) is 11.6 Å². The van der Waals surface area contributed by atoms with Crippen LogP contribution in [0.5, 0.6) is 0 Å². The highest BCUT2D eigenvalue weighted by molar-refractivity contribution is 5.76. The summed E-state index contributed by atoms with van der Waals surface area (Å²) >= 11 is 0. The molecule has 0 spiro atoms. The lowest BCUT2D eigenvalue weighted by molar-refractivity contribution is -0.121. The Morgan fingerprint density at radius 3 is 2.74 bits per heavy atom. The van der Waals surface area contributed by atoms with Gasteiger partial charge in [-0.25, -0.2) is 0 Å². The fourth-order valence-electron chi connectivity index (χ4n) is 2.25. The SMILES string of the molecule is CCc1nnc(-c2cccn2CC(=O)NCc2ccccc2)o1. The van der Waals surface area contributed by atoms with E-state index in [-0.39, 0.29) is 12.5 Å². The normalized spacial score (nSPS) is 10.7. The smallest absolute Gasteiger partial charge is 0.264 e. The first-order valence-corrected chi connectivity index (χ1v) is 7.54. The van der Waals surface area contributed by atoms with Crippen LogP contribution in [0.15, 0.2) is 53.1 Å². The Hall–Kier alpha value is -2.89. The van der Waals surface area contributed by atoms with Crippen LogP contribution in [0.3, 0.4) is 0 Å². The van der Waals surface area contributed by atoms with Gasteiger partial charge in [0.1, 0.15) is 12.2 Å². The molecule has 0 atom stereocenters. The van der Waals surface area contributed by atoms with Crippen LogP contribution < -0.4 is 5.32 Å². The molecule has 0 radical (unpaired) electrons. The monoisotopic (exact) mass is 310 g/mol. The van der Waals surface area contributed by atoms with Gasteiger partial charge in [0.05, 0.1) is 0 Å². The Kier molecular flexibility index (Phi) is 4.52. The van der Waals surface area contributed by atoms with Crippen LogP contribution in [-0.4, -0.2) is 20.7 Å². The van der Waals surface area contributed by atoms with Gasteiger partial charge in [-0.2, -0.15) is 0 Å². The van der Waals surface area contributed by atoms with Crippen LogP contribution in [0.1, 0.15) is 18.4 Å². The van der Waals surface area contributed by atoms with Crippen molar-refractivity contribution < 1.29 is 9.21 Å². The number of nitrogens with zero attached hydrogens (tertiary/aromatic N) is 3. The summed E-state index contributed by atoms with van der Waals surface area (Å²) in [6.45, 7) is 2.67. The van der Waals surface area contributed by atoms with Crippen molar-refractivity contribution >= 4 is 5.91 Å². The number of nitrogens with one attached hydrogen (secondary N) is 1.